The first kappa shape index (κ1) is 42.2. The number of benzene rings is 3. The van der Waals surface area contributed by atoms with Gasteiger partial charge in [0.15, 0.2) is 24.7 Å². The van der Waals surface area contributed by atoms with Crippen LogP contribution in [0.2, 0.25) is 0 Å². The van der Waals surface area contributed by atoms with E-state index < -0.39 is 92.5 Å². The third-order valence-electron chi connectivity index (χ3n) is 11.3. The van der Waals surface area contributed by atoms with Gasteiger partial charge in [-0.3, -0.25) is 4.79 Å². The highest BCUT2D eigenvalue weighted by Crippen LogP contribution is 2.44. The number of alkyl carbamates (subject to hydrolysis) is 1. The standard InChI is InChI=1S/C43H52FNO12/c1-23-24(2)39(54-27(5)47)42(55-34(23)19-44)57-38-25(3)41(56-35(20-46)37(38)48)53-26(4)36(40(49)51-21-28-13-7-6-8-14-28)45-43(50)52-22-33-31-17-11-9-15-29(31)30-16-10-12-18-32(30)33/h6-18,23-26,33-39,41-42,46,48H,19-22H2,1-5H3,(H,45,50)/t23-,24+,25?,26-,34?,35?,36+,37+,38-,39?,41+,42+/m1/s1. The Bertz CT molecular complexity index is 1780. The third kappa shape index (κ3) is 9.48. The van der Waals surface area contributed by atoms with E-state index in [1.807, 2.05) is 54.6 Å². The van der Waals surface area contributed by atoms with Gasteiger partial charge in [-0.2, -0.15) is 0 Å². The maximum absolute atomic E-state index is 14.1. The molecule has 0 aromatic heterocycles. The Morgan fingerprint density at radius 3 is 2.04 bits per heavy atom. The third-order valence-corrected chi connectivity index (χ3v) is 11.3. The van der Waals surface area contributed by atoms with Crippen molar-refractivity contribution in [3.05, 3.63) is 95.6 Å². The second-order valence-electron chi connectivity index (χ2n) is 15.0. The topological polar surface area (TPSA) is 168 Å². The van der Waals surface area contributed by atoms with Gasteiger partial charge in [-0.25, -0.2) is 14.0 Å². The SMILES string of the molecule is CC(=O)OC1[C@H](O[C@@H]2C(C)[C@@H](O[C@H](C)[C@H](NC(=O)OCC3c4ccccc4-c4ccccc43)C(=O)OCc3ccccc3)OC(CO)[C@@H]2O)OC(CF)[C@H](C)[C@@H]1C. The van der Waals surface area contributed by atoms with E-state index in [1.54, 1.807) is 52.0 Å². The highest BCUT2D eigenvalue weighted by Gasteiger charge is 2.51. The van der Waals surface area contributed by atoms with Crippen molar-refractivity contribution in [3.8, 4) is 11.1 Å². The predicted molar refractivity (Wildman–Crippen MR) is 203 cm³/mol. The number of aliphatic hydroxyl groups excluding tert-OH is 2. The van der Waals surface area contributed by atoms with Crippen LogP contribution in [0.1, 0.15) is 57.2 Å². The molecule has 12 atom stereocenters. The number of carbonyl (C=O) groups is 3. The number of carbonyl (C=O) groups excluding carboxylic acids is 3. The zero-order valence-corrected chi connectivity index (χ0v) is 32.7. The van der Waals surface area contributed by atoms with Crippen molar-refractivity contribution in [2.24, 2.45) is 17.8 Å². The normalized spacial score (nSPS) is 29.3. The van der Waals surface area contributed by atoms with Crippen molar-refractivity contribution in [3.63, 3.8) is 0 Å². The van der Waals surface area contributed by atoms with E-state index in [2.05, 4.69) is 5.32 Å². The quantitative estimate of drug-likeness (QED) is 0.147. The number of rotatable bonds is 14. The van der Waals surface area contributed by atoms with Gasteiger partial charge in [0.05, 0.1) is 24.9 Å². The number of hydrogen-bond donors (Lipinski definition) is 3. The summed E-state index contributed by atoms with van der Waals surface area (Å²) in [6.07, 6.45) is -10.1. The number of hydrogen-bond acceptors (Lipinski definition) is 12. The molecule has 2 heterocycles. The van der Waals surface area contributed by atoms with Gasteiger partial charge >= 0.3 is 18.0 Å². The summed E-state index contributed by atoms with van der Waals surface area (Å²) in [5, 5.41) is 24.2. The maximum atomic E-state index is 14.1. The largest absolute Gasteiger partial charge is 0.459 e. The molecule has 0 saturated carbocycles. The Balaban J connectivity index is 1.18. The van der Waals surface area contributed by atoms with Crippen LogP contribution >= 0.6 is 0 Å². The van der Waals surface area contributed by atoms with E-state index in [0.717, 1.165) is 27.8 Å². The van der Waals surface area contributed by atoms with Crippen molar-refractivity contribution in [2.45, 2.75) is 102 Å². The second-order valence-corrected chi connectivity index (χ2v) is 15.0. The minimum atomic E-state index is -1.41. The van der Waals surface area contributed by atoms with Crippen LogP contribution in [0.15, 0.2) is 78.9 Å². The van der Waals surface area contributed by atoms with Gasteiger partial charge in [0.25, 0.3) is 0 Å². The lowest BCUT2D eigenvalue weighted by Gasteiger charge is -2.48. The van der Waals surface area contributed by atoms with Crippen molar-refractivity contribution < 1.29 is 62.1 Å². The van der Waals surface area contributed by atoms with E-state index >= 15 is 0 Å². The molecule has 0 spiro atoms. The summed E-state index contributed by atoms with van der Waals surface area (Å²) >= 11 is 0. The van der Waals surface area contributed by atoms with Crippen LogP contribution in [0.25, 0.3) is 11.1 Å². The fraction of sp³-hybridized carbons (Fsp3) is 0.512. The van der Waals surface area contributed by atoms with Crippen LogP contribution in [0.5, 0.6) is 0 Å². The fourth-order valence-electron chi connectivity index (χ4n) is 7.86. The number of amides is 1. The Hall–Kier alpha value is -4.44. The summed E-state index contributed by atoms with van der Waals surface area (Å²) in [6.45, 7) is 6.49. The monoisotopic (exact) mass is 793 g/mol. The number of alkyl halides is 1. The highest BCUT2D eigenvalue weighted by molar-refractivity contribution is 5.82. The fourth-order valence-corrected chi connectivity index (χ4v) is 7.86. The molecule has 14 heteroatoms. The summed E-state index contributed by atoms with van der Waals surface area (Å²) in [5.74, 6) is -3.12. The number of halogens is 1. The molecule has 3 aromatic carbocycles. The molecule has 1 aliphatic carbocycles. The summed E-state index contributed by atoms with van der Waals surface area (Å²) in [7, 11) is 0. The van der Waals surface area contributed by atoms with Gasteiger partial charge in [-0.05, 0) is 40.7 Å². The summed E-state index contributed by atoms with van der Waals surface area (Å²) in [4.78, 5) is 39.3. The van der Waals surface area contributed by atoms with Gasteiger partial charge in [0.1, 0.15) is 32.1 Å². The zero-order valence-electron chi connectivity index (χ0n) is 32.7. The van der Waals surface area contributed by atoms with Gasteiger partial charge in [-0.15, -0.1) is 0 Å². The average Bonchev–Trinajstić information content (AvgIpc) is 3.53. The van der Waals surface area contributed by atoms with Crippen LogP contribution in [0.3, 0.4) is 0 Å². The number of esters is 2. The Morgan fingerprint density at radius 1 is 0.807 bits per heavy atom. The first-order valence-electron chi connectivity index (χ1n) is 19.4. The Kier molecular flexibility index (Phi) is 14.0. The first-order chi connectivity index (χ1) is 27.4. The van der Waals surface area contributed by atoms with E-state index in [4.69, 9.17) is 33.2 Å². The summed E-state index contributed by atoms with van der Waals surface area (Å²) in [6, 6.07) is 23.4. The molecular formula is C43H52FNO12. The molecule has 3 N–H and O–H groups in total. The molecule has 3 aromatic rings. The molecule has 0 bridgehead atoms. The first-order valence-corrected chi connectivity index (χ1v) is 19.4. The summed E-state index contributed by atoms with van der Waals surface area (Å²) in [5.41, 5.74) is 4.88. The van der Waals surface area contributed by atoms with Gasteiger partial charge < -0.3 is 48.7 Å². The molecule has 2 aliphatic heterocycles. The minimum Gasteiger partial charge on any atom is -0.459 e. The number of aliphatic hydroxyl groups is 2. The molecule has 2 fully saturated rings. The predicted octanol–water partition coefficient (Wildman–Crippen LogP) is 5.04. The number of ether oxygens (including phenoxy) is 7. The van der Waals surface area contributed by atoms with Crippen LogP contribution in [0, 0.1) is 17.8 Å². The Labute approximate surface area is 331 Å². The molecule has 308 valence electrons. The lowest BCUT2D eigenvalue weighted by molar-refractivity contribution is -0.345. The van der Waals surface area contributed by atoms with Crippen LogP contribution in [-0.2, 0) is 49.4 Å². The minimum absolute atomic E-state index is 0.00300. The molecule has 1 amide bonds. The van der Waals surface area contributed by atoms with Crippen LogP contribution < -0.4 is 5.32 Å². The van der Waals surface area contributed by atoms with E-state index in [9.17, 15) is 29.0 Å². The average molecular weight is 794 g/mol. The molecule has 13 nitrogen and oxygen atoms in total. The number of nitrogens with one attached hydrogen (secondary N) is 1. The van der Waals surface area contributed by atoms with E-state index in [1.165, 1.54) is 6.92 Å². The van der Waals surface area contributed by atoms with Crippen LogP contribution in [-0.4, -0.2) is 103 Å². The lowest BCUT2D eigenvalue weighted by Crippen LogP contribution is -2.61. The molecule has 3 aliphatic rings. The van der Waals surface area contributed by atoms with Crippen LogP contribution in [0.4, 0.5) is 9.18 Å². The molecule has 2 saturated heterocycles. The summed E-state index contributed by atoms with van der Waals surface area (Å²) < 4.78 is 55.5. The molecular weight excluding hydrogens is 741 g/mol. The molecule has 6 rings (SSSR count). The molecule has 0 radical (unpaired) electrons. The van der Waals surface area contributed by atoms with Gasteiger partial charge in [-0.1, -0.05) is 99.6 Å². The van der Waals surface area contributed by atoms with Gasteiger partial charge in [0.2, 0.25) is 0 Å². The maximum Gasteiger partial charge on any atom is 0.407 e. The Morgan fingerprint density at radius 2 is 1.42 bits per heavy atom. The smallest absolute Gasteiger partial charge is 0.407 e. The molecule has 4 unspecified atom stereocenters. The zero-order chi connectivity index (χ0) is 40.8. The lowest BCUT2D eigenvalue weighted by atomic mass is 9.83. The molecule has 57 heavy (non-hydrogen) atoms. The highest BCUT2D eigenvalue weighted by atomic mass is 19.1. The number of fused-ring (bicyclic) bond motifs is 3. The van der Waals surface area contributed by atoms with Gasteiger partial charge in [0, 0.05) is 24.7 Å². The van der Waals surface area contributed by atoms with E-state index in [-0.39, 0.29) is 31.0 Å². The second kappa shape index (κ2) is 18.9. The van der Waals surface area contributed by atoms with E-state index in [0.29, 0.717) is 0 Å². The van der Waals surface area contributed by atoms with Crippen molar-refractivity contribution in [1.29, 1.82) is 0 Å². The van der Waals surface area contributed by atoms with Crippen molar-refractivity contribution in [2.75, 3.05) is 19.9 Å². The van der Waals surface area contributed by atoms with Crippen molar-refractivity contribution >= 4 is 18.0 Å². The van der Waals surface area contributed by atoms with Crippen molar-refractivity contribution in [1.82, 2.24) is 5.32 Å².